The molecule has 0 aliphatic carbocycles. The Morgan fingerprint density at radius 2 is 2.30 bits per heavy atom. The monoisotopic (exact) mass is 275 g/mol. The van der Waals surface area contributed by atoms with Gasteiger partial charge in [-0.3, -0.25) is 9.59 Å². The summed E-state index contributed by atoms with van der Waals surface area (Å²) in [4.78, 5) is 25.4. The number of anilines is 1. The lowest BCUT2D eigenvalue weighted by Crippen LogP contribution is -2.45. The first-order valence-corrected chi connectivity index (χ1v) is 6.75. The first-order chi connectivity index (χ1) is 9.63. The molecule has 0 radical (unpaired) electrons. The largest absolute Gasteiger partial charge is 0.482 e. The number of nitrogens with one attached hydrogen (secondary N) is 1. The van der Waals surface area contributed by atoms with Crippen molar-refractivity contribution < 1.29 is 14.3 Å². The van der Waals surface area contributed by atoms with E-state index in [1.807, 2.05) is 0 Å². The summed E-state index contributed by atoms with van der Waals surface area (Å²) in [7, 11) is 0. The molecule has 3 rings (SSSR count). The Balaban J connectivity index is 1.80. The molecule has 1 fully saturated rings. The number of nitrogens with two attached hydrogens (primary N) is 1. The summed E-state index contributed by atoms with van der Waals surface area (Å²) in [6, 6.07) is 5.14. The summed E-state index contributed by atoms with van der Waals surface area (Å²) in [5.41, 5.74) is 7.07. The first-order valence-electron chi connectivity index (χ1n) is 6.75. The third-order valence-corrected chi connectivity index (χ3v) is 3.61. The molecule has 0 unspecified atom stereocenters. The molecule has 0 saturated carbocycles. The number of hydrogen-bond acceptors (Lipinski definition) is 4. The Morgan fingerprint density at radius 1 is 1.45 bits per heavy atom. The van der Waals surface area contributed by atoms with E-state index in [1.165, 1.54) is 0 Å². The normalized spacial score (nSPS) is 21.8. The fourth-order valence-electron chi connectivity index (χ4n) is 2.58. The predicted octanol–water partition coefficient (Wildman–Crippen LogP) is 0.581. The highest BCUT2D eigenvalue weighted by Crippen LogP contribution is 2.29. The minimum Gasteiger partial charge on any atom is -0.482 e. The van der Waals surface area contributed by atoms with Gasteiger partial charge in [-0.15, -0.1) is 0 Å². The third-order valence-electron chi connectivity index (χ3n) is 3.61. The molecule has 1 atom stereocenters. The van der Waals surface area contributed by atoms with E-state index >= 15 is 0 Å². The van der Waals surface area contributed by atoms with Gasteiger partial charge in [0.1, 0.15) is 5.75 Å². The fourth-order valence-corrected chi connectivity index (χ4v) is 2.58. The molecule has 1 aromatic carbocycles. The lowest BCUT2D eigenvalue weighted by Gasteiger charge is -2.31. The van der Waals surface area contributed by atoms with Crippen LogP contribution in [0.15, 0.2) is 18.2 Å². The minimum absolute atomic E-state index is 0.0147. The Labute approximate surface area is 116 Å². The number of fused-ring (bicyclic) bond motifs is 1. The Hall–Kier alpha value is -2.08. The van der Waals surface area contributed by atoms with Crippen LogP contribution in [0, 0.1) is 0 Å². The Bertz CT molecular complexity index is 559. The van der Waals surface area contributed by atoms with Gasteiger partial charge in [0.05, 0.1) is 5.69 Å². The summed E-state index contributed by atoms with van der Waals surface area (Å²) in [6.45, 7) is 1.31. The van der Waals surface area contributed by atoms with Gasteiger partial charge in [-0.25, -0.2) is 0 Å². The van der Waals surface area contributed by atoms with E-state index in [-0.39, 0.29) is 24.5 Å². The highest BCUT2D eigenvalue weighted by molar-refractivity contribution is 5.99. The maximum absolute atomic E-state index is 12.4. The van der Waals surface area contributed by atoms with Gasteiger partial charge in [0.2, 0.25) is 0 Å². The van der Waals surface area contributed by atoms with Crippen LogP contribution in [0.4, 0.5) is 5.69 Å². The fraction of sp³-hybridized carbons (Fsp3) is 0.429. The predicted molar refractivity (Wildman–Crippen MR) is 73.7 cm³/mol. The number of nitrogens with zero attached hydrogens (tertiary/aromatic N) is 1. The average molecular weight is 275 g/mol. The summed E-state index contributed by atoms with van der Waals surface area (Å²) in [5, 5.41) is 2.70. The molecule has 1 saturated heterocycles. The number of hydrogen-bond donors (Lipinski definition) is 2. The molecule has 2 aliphatic rings. The zero-order valence-corrected chi connectivity index (χ0v) is 11.1. The van der Waals surface area contributed by atoms with Gasteiger partial charge in [0, 0.05) is 24.7 Å². The van der Waals surface area contributed by atoms with E-state index in [1.54, 1.807) is 23.1 Å². The molecule has 0 bridgehead atoms. The van der Waals surface area contributed by atoms with Crippen LogP contribution in [0.25, 0.3) is 0 Å². The van der Waals surface area contributed by atoms with Gasteiger partial charge in [-0.05, 0) is 31.0 Å². The number of amides is 2. The van der Waals surface area contributed by atoms with Crippen LogP contribution >= 0.6 is 0 Å². The van der Waals surface area contributed by atoms with E-state index < -0.39 is 0 Å². The molecule has 6 heteroatoms. The molecule has 0 spiro atoms. The second-order valence-electron chi connectivity index (χ2n) is 5.20. The molecule has 20 heavy (non-hydrogen) atoms. The third kappa shape index (κ3) is 2.46. The van der Waals surface area contributed by atoms with Crippen LogP contribution in [0.3, 0.4) is 0 Å². The Morgan fingerprint density at radius 3 is 3.10 bits per heavy atom. The van der Waals surface area contributed by atoms with Crippen LogP contribution in [-0.4, -0.2) is 42.5 Å². The number of carbonyl (C=O) groups excluding carboxylic acids is 2. The zero-order chi connectivity index (χ0) is 14.1. The number of likely N-dealkylation sites (tertiary alicyclic amines) is 1. The first kappa shape index (κ1) is 12.9. The van der Waals surface area contributed by atoms with Crippen LogP contribution in [0.2, 0.25) is 0 Å². The van der Waals surface area contributed by atoms with Crippen molar-refractivity contribution in [2.45, 2.75) is 18.9 Å². The zero-order valence-electron chi connectivity index (χ0n) is 11.1. The number of carbonyl (C=O) groups is 2. The maximum atomic E-state index is 12.4. The maximum Gasteiger partial charge on any atom is 0.262 e. The van der Waals surface area contributed by atoms with E-state index in [0.29, 0.717) is 23.5 Å². The van der Waals surface area contributed by atoms with Crippen molar-refractivity contribution >= 4 is 17.5 Å². The van der Waals surface area contributed by atoms with Crippen molar-refractivity contribution in [2.75, 3.05) is 25.0 Å². The van der Waals surface area contributed by atoms with Crippen LogP contribution in [0.5, 0.6) is 5.75 Å². The van der Waals surface area contributed by atoms with E-state index in [0.717, 1.165) is 19.4 Å². The standard InChI is InChI=1S/C14H17N3O3/c15-10-2-1-5-17(7-10)14(19)9-3-4-11-12(6-9)20-8-13(18)16-11/h3-4,6,10H,1-2,5,7-8,15H2,(H,16,18)/t10-/m1/s1. The van der Waals surface area contributed by atoms with Gasteiger partial charge >= 0.3 is 0 Å². The van der Waals surface area contributed by atoms with Crippen molar-refractivity contribution in [3.63, 3.8) is 0 Å². The van der Waals surface area contributed by atoms with E-state index in [2.05, 4.69) is 5.32 Å². The molecule has 0 aromatic heterocycles. The van der Waals surface area contributed by atoms with Crippen LogP contribution in [-0.2, 0) is 4.79 Å². The molecule has 2 heterocycles. The number of rotatable bonds is 1. The molecular formula is C14H17N3O3. The van der Waals surface area contributed by atoms with E-state index in [4.69, 9.17) is 10.5 Å². The van der Waals surface area contributed by atoms with Crippen molar-refractivity contribution in [1.29, 1.82) is 0 Å². The van der Waals surface area contributed by atoms with Crippen molar-refractivity contribution in [3.05, 3.63) is 23.8 Å². The van der Waals surface area contributed by atoms with Gasteiger partial charge < -0.3 is 20.7 Å². The lowest BCUT2D eigenvalue weighted by atomic mass is 10.0. The highest BCUT2D eigenvalue weighted by atomic mass is 16.5. The highest BCUT2D eigenvalue weighted by Gasteiger charge is 2.24. The Kier molecular flexibility index (Phi) is 3.31. The molecule has 3 N–H and O–H groups in total. The second kappa shape index (κ2) is 5.13. The molecule has 1 aromatic rings. The summed E-state index contributed by atoms with van der Waals surface area (Å²) >= 11 is 0. The molecule has 2 amide bonds. The van der Waals surface area contributed by atoms with Gasteiger partial charge in [0.15, 0.2) is 6.61 Å². The summed E-state index contributed by atoms with van der Waals surface area (Å²) in [6.07, 6.45) is 1.90. The summed E-state index contributed by atoms with van der Waals surface area (Å²) in [5.74, 6) is 0.318. The van der Waals surface area contributed by atoms with Crippen molar-refractivity contribution in [3.8, 4) is 5.75 Å². The molecule has 2 aliphatic heterocycles. The molecule has 6 nitrogen and oxygen atoms in total. The SMILES string of the molecule is N[C@@H]1CCCN(C(=O)c2ccc3c(c2)OCC(=O)N3)C1. The topological polar surface area (TPSA) is 84.7 Å². The lowest BCUT2D eigenvalue weighted by molar-refractivity contribution is -0.118. The van der Waals surface area contributed by atoms with Gasteiger partial charge in [-0.1, -0.05) is 0 Å². The van der Waals surface area contributed by atoms with E-state index in [9.17, 15) is 9.59 Å². The number of piperidine rings is 1. The number of benzene rings is 1. The second-order valence-corrected chi connectivity index (χ2v) is 5.20. The van der Waals surface area contributed by atoms with Crippen molar-refractivity contribution in [2.24, 2.45) is 5.73 Å². The average Bonchev–Trinajstić information content (AvgIpc) is 2.46. The van der Waals surface area contributed by atoms with Crippen LogP contribution < -0.4 is 15.8 Å². The van der Waals surface area contributed by atoms with Crippen LogP contribution in [0.1, 0.15) is 23.2 Å². The van der Waals surface area contributed by atoms with Crippen molar-refractivity contribution in [1.82, 2.24) is 4.90 Å². The minimum atomic E-state index is -0.182. The quantitative estimate of drug-likeness (QED) is 0.785. The summed E-state index contributed by atoms with van der Waals surface area (Å²) < 4.78 is 5.33. The molecular weight excluding hydrogens is 258 g/mol. The number of ether oxygens (including phenoxy) is 1. The van der Waals surface area contributed by atoms with Gasteiger partial charge in [-0.2, -0.15) is 0 Å². The smallest absolute Gasteiger partial charge is 0.262 e. The molecule has 106 valence electrons. The van der Waals surface area contributed by atoms with Gasteiger partial charge in [0.25, 0.3) is 11.8 Å².